The van der Waals surface area contributed by atoms with Gasteiger partial charge in [0.05, 0.1) is 0 Å². The summed E-state index contributed by atoms with van der Waals surface area (Å²) in [6.07, 6.45) is 13.0. The molecular formula is C21H28O. The van der Waals surface area contributed by atoms with Gasteiger partial charge in [-0.05, 0) is 35.2 Å². The van der Waals surface area contributed by atoms with Gasteiger partial charge in [-0.1, -0.05) is 82.2 Å². The molecule has 2 aromatic carbocycles. The number of fused-ring (bicyclic) bond motifs is 1. The summed E-state index contributed by atoms with van der Waals surface area (Å²) in [5.41, 5.74) is 2.17. The van der Waals surface area contributed by atoms with E-state index >= 15 is 0 Å². The van der Waals surface area contributed by atoms with Gasteiger partial charge in [0.15, 0.2) is 0 Å². The van der Waals surface area contributed by atoms with Crippen LogP contribution >= 0.6 is 0 Å². The SMILES string of the molecule is CCCCCCCCCCc1ccc2cc(C=O)ccc2c1. The monoisotopic (exact) mass is 296 g/mol. The predicted octanol–water partition coefficient (Wildman–Crippen LogP) is 6.34. The van der Waals surface area contributed by atoms with Crippen molar-refractivity contribution in [2.24, 2.45) is 0 Å². The van der Waals surface area contributed by atoms with Crippen LogP contribution in [0.2, 0.25) is 0 Å². The van der Waals surface area contributed by atoms with Crippen LogP contribution in [0.15, 0.2) is 36.4 Å². The average molecular weight is 296 g/mol. The van der Waals surface area contributed by atoms with Gasteiger partial charge in [0.2, 0.25) is 0 Å². The molecule has 0 unspecified atom stereocenters. The molecule has 0 spiro atoms. The number of aldehydes is 1. The fraction of sp³-hybridized carbons (Fsp3) is 0.476. The Labute approximate surface area is 134 Å². The van der Waals surface area contributed by atoms with Gasteiger partial charge in [0.25, 0.3) is 0 Å². The molecule has 2 aromatic rings. The number of unbranched alkanes of at least 4 members (excludes halogenated alkanes) is 7. The van der Waals surface area contributed by atoms with E-state index in [9.17, 15) is 4.79 Å². The fourth-order valence-corrected chi connectivity index (χ4v) is 3.01. The van der Waals surface area contributed by atoms with E-state index in [1.165, 1.54) is 68.7 Å². The van der Waals surface area contributed by atoms with Crippen LogP contribution in [0.25, 0.3) is 10.8 Å². The summed E-state index contributed by atoms with van der Waals surface area (Å²) in [5, 5.41) is 2.40. The average Bonchev–Trinajstić information content (AvgIpc) is 2.56. The molecule has 0 saturated carbocycles. The topological polar surface area (TPSA) is 17.1 Å². The van der Waals surface area contributed by atoms with Crippen molar-refractivity contribution >= 4 is 17.1 Å². The Kier molecular flexibility index (Phi) is 7.15. The molecule has 0 heterocycles. The number of carbonyl (C=O) groups is 1. The number of hydrogen-bond acceptors (Lipinski definition) is 1. The quantitative estimate of drug-likeness (QED) is 0.369. The Hall–Kier alpha value is -1.63. The minimum absolute atomic E-state index is 0.753. The van der Waals surface area contributed by atoms with Gasteiger partial charge in [-0.2, -0.15) is 0 Å². The molecule has 1 heteroatoms. The van der Waals surface area contributed by atoms with E-state index in [0.717, 1.165) is 17.2 Å². The largest absolute Gasteiger partial charge is 0.298 e. The van der Waals surface area contributed by atoms with Gasteiger partial charge < -0.3 is 0 Å². The smallest absolute Gasteiger partial charge is 0.150 e. The maximum absolute atomic E-state index is 10.8. The molecule has 0 aliphatic heterocycles. The van der Waals surface area contributed by atoms with Crippen molar-refractivity contribution in [3.05, 3.63) is 47.5 Å². The Balaban J connectivity index is 1.74. The second-order valence-electron chi connectivity index (χ2n) is 6.28. The molecule has 0 fully saturated rings. The summed E-state index contributed by atoms with van der Waals surface area (Å²) >= 11 is 0. The summed E-state index contributed by atoms with van der Waals surface area (Å²) in [6, 6.07) is 12.5. The standard InChI is InChI=1S/C21H28O/c1-2-3-4-5-6-7-8-9-10-18-11-13-21-16-19(17-22)12-14-20(21)15-18/h11-17H,2-10H2,1H3. The Morgan fingerprint density at radius 2 is 1.41 bits per heavy atom. The van der Waals surface area contributed by atoms with Crippen LogP contribution in [0, 0.1) is 0 Å². The molecule has 118 valence electrons. The molecule has 0 aliphatic carbocycles. The van der Waals surface area contributed by atoms with Gasteiger partial charge >= 0.3 is 0 Å². The number of benzene rings is 2. The normalized spacial score (nSPS) is 11.0. The number of aryl methyl sites for hydroxylation is 1. The lowest BCUT2D eigenvalue weighted by molar-refractivity contribution is 0.112. The van der Waals surface area contributed by atoms with E-state index in [-0.39, 0.29) is 0 Å². The van der Waals surface area contributed by atoms with E-state index in [1.807, 2.05) is 12.1 Å². The lowest BCUT2D eigenvalue weighted by Crippen LogP contribution is -1.88. The second kappa shape index (κ2) is 9.40. The lowest BCUT2D eigenvalue weighted by atomic mass is 10.0. The Bertz CT molecular complexity index is 585. The van der Waals surface area contributed by atoms with Gasteiger partial charge in [-0.15, -0.1) is 0 Å². The van der Waals surface area contributed by atoms with Crippen molar-refractivity contribution in [1.82, 2.24) is 0 Å². The summed E-state index contributed by atoms with van der Waals surface area (Å²) in [7, 11) is 0. The van der Waals surface area contributed by atoms with Crippen LogP contribution in [0.1, 0.15) is 74.2 Å². The zero-order valence-corrected chi connectivity index (χ0v) is 13.8. The Morgan fingerprint density at radius 1 is 0.773 bits per heavy atom. The first-order chi connectivity index (χ1) is 10.8. The molecule has 0 aliphatic rings. The summed E-state index contributed by atoms with van der Waals surface area (Å²) in [5.74, 6) is 0. The van der Waals surface area contributed by atoms with Gasteiger partial charge in [0.1, 0.15) is 6.29 Å². The molecule has 22 heavy (non-hydrogen) atoms. The van der Waals surface area contributed by atoms with E-state index in [1.54, 1.807) is 0 Å². The minimum atomic E-state index is 0.753. The first kappa shape index (κ1) is 16.7. The molecule has 0 atom stereocenters. The van der Waals surface area contributed by atoms with Crippen LogP contribution in [-0.2, 0) is 6.42 Å². The Morgan fingerprint density at radius 3 is 2.14 bits per heavy atom. The van der Waals surface area contributed by atoms with E-state index in [2.05, 4.69) is 31.2 Å². The summed E-state index contributed by atoms with van der Waals surface area (Å²) < 4.78 is 0. The van der Waals surface area contributed by atoms with E-state index < -0.39 is 0 Å². The number of rotatable bonds is 10. The third kappa shape index (κ3) is 5.29. The van der Waals surface area contributed by atoms with Gasteiger partial charge in [0, 0.05) is 5.56 Å². The highest BCUT2D eigenvalue weighted by Crippen LogP contribution is 2.19. The lowest BCUT2D eigenvalue weighted by Gasteiger charge is -2.05. The third-order valence-corrected chi connectivity index (χ3v) is 4.38. The molecule has 0 radical (unpaired) electrons. The molecule has 2 rings (SSSR count). The maximum atomic E-state index is 10.8. The van der Waals surface area contributed by atoms with Crippen molar-refractivity contribution in [3.8, 4) is 0 Å². The maximum Gasteiger partial charge on any atom is 0.150 e. The zero-order valence-electron chi connectivity index (χ0n) is 13.8. The first-order valence-corrected chi connectivity index (χ1v) is 8.81. The summed E-state index contributed by atoms with van der Waals surface area (Å²) in [4.78, 5) is 10.8. The molecule has 1 nitrogen and oxygen atoms in total. The molecular weight excluding hydrogens is 268 g/mol. The molecule has 0 saturated heterocycles. The van der Waals surface area contributed by atoms with Crippen molar-refractivity contribution in [1.29, 1.82) is 0 Å². The second-order valence-corrected chi connectivity index (χ2v) is 6.28. The molecule has 0 bridgehead atoms. The van der Waals surface area contributed by atoms with Crippen LogP contribution < -0.4 is 0 Å². The minimum Gasteiger partial charge on any atom is -0.298 e. The van der Waals surface area contributed by atoms with Crippen LogP contribution in [-0.4, -0.2) is 6.29 Å². The van der Waals surface area contributed by atoms with Crippen LogP contribution in [0.4, 0.5) is 0 Å². The highest BCUT2D eigenvalue weighted by Gasteiger charge is 1.99. The van der Waals surface area contributed by atoms with Crippen molar-refractivity contribution < 1.29 is 4.79 Å². The highest BCUT2D eigenvalue weighted by molar-refractivity contribution is 5.89. The van der Waals surface area contributed by atoms with Crippen LogP contribution in [0.3, 0.4) is 0 Å². The van der Waals surface area contributed by atoms with Crippen molar-refractivity contribution in [2.45, 2.75) is 64.7 Å². The van der Waals surface area contributed by atoms with Gasteiger partial charge in [-0.25, -0.2) is 0 Å². The molecule has 0 aromatic heterocycles. The fourth-order valence-electron chi connectivity index (χ4n) is 3.01. The zero-order chi connectivity index (χ0) is 15.6. The number of carbonyl (C=O) groups excluding carboxylic acids is 1. The van der Waals surface area contributed by atoms with Crippen molar-refractivity contribution in [2.75, 3.05) is 0 Å². The molecule has 0 N–H and O–H groups in total. The molecule has 0 amide bonds. The van der Waals surface area contributed by atoms with Gasteiger partial charge in [-0.3, -0.25) is 4.79 Å². The number of hydrogen-bond donors (Lipinski definition) is 0. The van der Waals surface area contributed by atoms with Crippen molar-refractivity contribution in [3.63, 3.8) is 0 Å². The highest BCUT2D eigenvalue weighted by atomic mass is 16.1. The predicted molar refractivity (Wildman–Crippen MR) is 95.6 cm³/mol. The van der Waals surface area contributed by atoms with Crippen LogP contribution in [0.5, 0.6) is 0 Å². The van der Waals surface area contributed by atoms with E-state index in [0.29, 0.717) is 0 Å². The first-order valence-electron chi connectivity index (χ1n) is 8.81. The summed E-state index contributed by atoms with van der Waals surface area (Å²) in [6.45, 7) is 2.27. The third-order valence-electron chi connectivity index (χ3n) is 4.38. The van der Waals surface area contributed by atoms with E-state index in [4.69, 9.17) is 0 Å².